The van der Waals surface area contributed by atoms with Gasteiger partial charge in [-0.2, -0.15) is 11.3 Å². The minimum Gasteiger partial charge on any atom is -0.303 e. The van der Waals surface area contributed by atoms with Crippen molar-refractivity contribution in [2.45, 2.75) is 46.2 Å². The third-order valence-electron chi connectivity index (χ3n) is 3.99. The molecule has 1 N–H and O–H groups in total. The van der Waals surface area contributed by atoms with Crippen LogP contribution in [0.5, 0.6) is 0 Å². The molecule has 0 unspecified atom stereocenters. The summed E-state index contributed by atoms with van der Waals surface area (Å²) in [5, 5.41) is 9.13. The van der Waals surface area contributed by atoms with Gasteiger partial charge in [0.05, 0.1) is 11.7 Å². The minimum absolute atomic E-state index is 0.211. The Balaban J connectivity index is 1.73. The fraction of sp³-hybridized carbons (Fsp3) is 0.389. The Hall–Kier alpha value is -1.63. The Kier molecular flexibility index (Phi) is 5.71. The van der Waals surface area contributed by atoms with Crippen molar-refractivity contribution in [2.75, 3.05) is 0 Å². The Morgan fingerprint density at radius 3 is 2.54 bits per heavy atom. The first-order chi connectivity index (χ1) is 11.7. The van der Waals surface area contributed by atoms with Crippen molar-refractivity contribution >= 4 is 22.7 Å². The summed E-state index contributed by atoms with van der Waals surface area (Å²) in [4.78, 5) is 14.8. The van der Waals surface area contributed by atoms with Crippen LogP contribution in [0.1, 0.15) is 45.5 Å². The van der Waals surface area contributed by atoms with Gasteiger partial charge in [0.2, 0.25) is 0 Å². The van der Waals surface area contributed by atoms with E-state index >= 15 is 0 Å². The van der Waals surface area contributed by atoms with Crippen molar-refractivity contribution in [3.63, 3.8) is 0 Å². The zero-order valence-electron chi connectivity index (χ0n) is 14.2. The molecule has 0 aliphatic heterocycles. The number of hydrogen-bond donors (Lipinski definition) is 1. The van der Waals surface area contributed by atoms with Gasteiger partial charge in [-0.25, -0.2) is 15.0 Å². The number of thiophene rings is 1. The summed E-state index contributed by atoms with van der Waals surface area (Å²) in [5.41, 5.74) is 3.58. The Bertz CT molecular complexity index is 743. The minimum atomic E-state index is 0.211. The monoisotopic (exact) mass is 358 g/mol. The van der Waals surface area contributed by atoms with Crippen LogP contribution in [0.3, 0.4) is 0 Å². The maximum Gasteiger partial charge on any atom is 0.127 e. The van der Waals surface area contributed by atoms with Crippen LogP contribution in [0.2, 0.25) is 0 Å². The first-order valence-corrected chi connectivity index (χ1v) is 9.89. The maximum atomic E-state index is 4.76. The Labute approximate surface area is 151 Å². The molecular weight excluding hydrogens is 336 g/mol. The van der Waals surface area contributed by atoms with Crippen molar-refractivity contribution in [1.82, 2.24) is 20.3 Å². The molecule has 0 radical (unpaired) electrons. The number of nitrogens with zero attached hydrogens (tertiary/aromatic N) is 3. The number of hydrogen-bond acceptors (Lipinski definition) is 6. The summed E-state index contributed by atoms with van der Waals surface area (Å²) in [6.07, 6.45) is 5.65. The lowest BCUT2D eigenvalue weighted by Gasteiger charge is -2.16. The molecule has 3 aromatic heterocycles. The summed E-state index contributed by atoms with van der Waals surface area (Å²) >= 11 is 3.52. The van der Waals surface area contributed by atoms with E-state index in [1.54, 1.807) is 22.7 Å². The normalized spacial score (nSPS) is 12.5. The number of aromatic nitrogens is 3. The predicted octanol–water partition coefficient (Wildman–Crippen LogP) is 4.25. The van der Waals surface area contributed by atoms with Gasteiger partial charge in [0, 0.05) is 35.8 Å². The second-order valence-electron chi connectivity index (χ2n) is 5.82. The van der Waals surface area contributed by atoms with Gasteiger partial charge >= 0.3 is 0 Å². The van der Waals surface area contributed by atoms with E-state index in [1.807, 2.05) is 12.4 Å². The standard InChI is InChI=1S/C18H22N4S2/c1-4-17-20-9-15(10-21-17)8-19-16(7-14-5-6-23-11-14)18-22-12(2)13(3)24-18/h5-6,9-11,16,19H,4,7-8H2,1-3H3/t16-/m1/s1. The molecule has 24 heavy (non-hydrogen) atoms. The third kappa shape index (κ3) is 4.26. The molecule has 0 amide bonds. The molecule has 1 atom stereocenters. The summed E-state index contributed by atoms with van der Waals surface area (Å²) in [5.74, 6) is 0.889. The molecule has 4 nitrogen and oxygen atoms in total. The molecule has 0 fully saturated rings. The topological polar surface area (TPSA) is 50.7 Å². The van der Waals surface area contributed by atoms with Crippen LogP contribution in [-0.4, -0.2) is 15.0 Å². The second kappa shape index (κ2) is 7.96. The zero-order chi connectivity index (χ0) is 16.9. The SMILES string of the molecule is CCc1ncc(CN[C@H](Cc2ccsc2)c2nc(C)c(C)s2)cn1. The van der Waals surface area contributed by atoms with E-state index in [4.69, 9.17) is 4.98 Å². The molecular formula is C18H22N4S2. The van der Waals surface area contributed by atoms with Gasteiger partial charge in [-0.1, -0.05) is 6.92 Å². The van der Waals surface area contributed by atoms with Gasteiger partial charge in [-0.15, -0.1) is 11.3 Å². The zero-order valence-corrected chi connectivity index (χ0v) is 15.9. The number of rotatable bonds is 7. The molecule has 126 valence electrons. The van der Waals surface area contributed by atoms with Crippen molar-refractivity contribution in [2.24, 2.45) is 0 Å². The van der Waals surface area contributed by atoms with E-state index in [2.05, 4.69) is 52.9 Å². The molecule has 6 heteroatoms. The highest BCUT2D eigenvalue weighted by molar-refractivity contribution is 7.11. The van der Waals surface area contributed by atoms with Crippen LogP contribution in [0.4, 0.5) is 0 Å². The summed E-state index contributed by atoms with van der Waals surface area (Å²) in [7, 11) is 0. The third-order valence-corrected chi connectivity index (χ3v) is 5.91. The largest absolute Gasteiger partial charge is 0.303 e. The molecule has 3 rings (SSSR count). The van der Waals surface area contributed by atoms with Crippen molar-refractivity contribution in [1.29, 1.82) is 0 Å². The molecule has 3 heterocycles. The molecule has 0 saturated heterocycles. The lowest BCUT2D eigenvalue weighted by Crippen LogP contribution is -2.23. The molecule has 0 bridgehead atoms. The average Bonchev–Trinajstić information content (AvgIpc) is 3.22. The van der Waals surface area contributed by atoms with Gasteiger partial charge in [0.25, 0.3) is 0 Å². The fourth-order valence-electron chi connectivity index (χ4n) is 2.43. The summed E-state index contributed by atoms with van der Waals surface area (Å²) in [6.45, 7) is 7.03. The molecule has 0 aliphatic rings. The van der Waals surface area contributed by atoms with Gasteiger partial charge in [-0.05, 0) is 42.7 Å². The molecule has 3 aromatic rings. The van der Waals surface area contributed by atoms with E-state index in [9.17, 15) is 0 Å². The van der Waals surface area contributed by atoms with Gasteiger partial charge < -0.3 is 5.32 Å². The highest BCUT2D eigenvalue weighted by atomic mass is 32.1. The van der Waals surface area contributed by atoms with E-state index in [-0.39, 0.29) is 6.04 Å². The first kappa shape index (κ1) is 17.2. The molecule has 0 aromatic carbocycles. The summed E-state index contributed by atoms with van der Waals surface area (Å²) in [6, 6.07) is 2.40. The smallest absolute Gasteiger partial charge is 0.127 e. The molecule has 0 aliphatic carbocycles. The highest BCUT2D eigenvalue weighted by Crippen LogP contribution is 2.26. The second-order valence-corrected chi connectivity index (χ2v) is 7.84. The lowest BCUT2D eigenvalue weighted by atomic mass is 10.1. The Morgan fingerprint density at radius 2 is 1.96 bits per heavy atom. The lowest BCUT2D eigenvalue weighted by molar-refractivity contribution is 0.526. The first-order valence-electron chi connectivity index (χ1n) is 8.14. The fourth-order valence-corrected chi connectivity index (χ4v) is 4.11. The van der Waals surface area contributed by atoms with E-state index < -0.39 is 0 Å². The van der Waals surface area contributed by atoms with Gasteiger partial charge in [0.1, 0.15) is 10.8 Å². The quantitative estimate of drug-likeness (QED) is 0.686. The number of thiazole rings is 1. The van der Waals surface area contributed by atoms with Gasteiger partial charge in [-0.3, -0.25) is 0 Å². The molecule has 0 saturated carbocycles. The van der Waals surface area contributed by atoms with Crippen LogP contribution in [0, 0.1) is 13.8 Å². The highest BCUT2D eigenvalue weighted by Gasteiger charge is 2.17. The molecule has 0 spiro atoms. The Morgan fingerprint density at radius 1 is 1.17 bits per heavy atom. The van der Waals surface area contributed by atoms with Crippen molar-refractivity contribution in [3.8, 4) is 0 Å². The van der Waals surface area contributed by atoms with Crippen LogP contribution in [0.15, 0.2) is 29.2 Å². The van der Waals surface area contributed by atoms with Gasteiger partial charge in [0.15, 0.2) is 0 Å². The van der Waals surface area contributed by atoms with Crippen LogP contribution in [-0.2, 0) is 19.4 Å². The predicted molar refractivity (Wildman–Crippen MR) is 101 cm³/mol. The van der Waals surface area contributed by atoms with Crippen LogP contribution >= 0.6 is 22.7 Å². The van der Waals surface area contributed by atoms with E-state index in [0.717, 1.165) is 41.5 Å². The number of nitrogens with one attached hydrogen (secondary N) is 1. The average molecular weight is 359 g/mol. The van der Waals surface area contributed by atoms with E-state index in [1.165, 1.54) is 10.4 Å². The maximum absolute atomic E-state index is 4.76. The van der Waals surface area contributed by atoms with E-state index in [0.29, 0.717) is 0 Å². The number of aryl methyl sites for hydroxylation is 3. The van der Waals surface area contributed by atoms with Crippen molar-refractivity contribution < 1.29 is 0 Å². The van der Waals surface area contributed by atoms with Crippen molar-refractivity contribution in [3.05, 3.63) is 61.8 Å². The van der Waals surface area contributed by atoms with Crippen LogP contribution < -0.4 is 5.32 Å². The van der Waals surface area contributed by atoms with Crippen LogP contribution in [0.25, 0.3) is 0 Å². The summed E-state index contributed by atoms with van der Waals surface area (Å²) < 4.78 is 0.